The molecule has 0 unspecified atom stereocenters. The van der Waals surface area contributed by atoms with Crippen LogP contribution < -0.4 is 4.57 Å². The van der Waals surface area contributed by atoms with Gasteiger partial charge in [-0.05, 0) is 19.8 Å². The minimum atomic E-state index is -4.42. The van der Waals surface area contributed by atoms with Crippen molar-refractivity contribution in [3.05, 3.63) is 18.7 Å². The molecule has 1 aromatic heterocycles. The van der Waals surface area contributed by atoms with Crippen LogP contribution in [0.3, 0.4) is 0 Å². The van der Waals surface area contributed by atoms with Crippen molar-refractivity contribution in [1.82, 2.24) is 4.57 Å². The standard InChI is InChI=1S/C18H35N2.C2H6O4S/c1-3-4-5-6-7-8-9-10-11-12-13-14-15-20-17-16-19(2)18-20;1-2-6-7(3,4)5/h16-18H,3-15H2,1-2H3;2H2,1H3,(H,3,4,5)/q+1;/p-1. The van der Waals surface area contributed by atoms with Crippen LogP contribution in [0.15, 0.2) is 18.7 Å². The summed E-state index contributed by atoms with van der Waals surface area (Å²) in [6.07, 6.45) is 23.6. The van der Waals surface area contributed by atoms with Gasteiger partial charge < -0.3 is 4.55 Å². The molecule has 0 aliphatic rings. The van der Waals surface area contributed by atoms with Gasteiger partial charge in [0.1, 0.15) is 12.4 Å². The van der Waals surface area contributed by atoms with E-state index < -0.39 is 10.4 Å². The van der Waals surface area contributed by atoms with Crippen LogP contribution in [0.2, 0.25) is 0 Å². The normalized spacial score (nSPS) is 11.3. The molecule has 0 N–H and O–H groups in total. The van der Waals surface area contributed by atoms with Crippen LogP contribution in [0.4, 0.5) is 0 Å². The first-order chi connectivity index (χ1) is 12.9. The summed E-state index contributed by atoms with van der Waals surface area (Å²) < 4.78 is 36.4. The summed E-state index contributed by atoms with van der Waals surface area (Å²) >= 11 is 0. The maximum absolute atomic E-state index is 9.45. The van der Waals surface area contributed by atoms with Crippen LogP contribution >= 0.6 is 0 Å². The molecule has 0 radical (unpaired) electrons. The van der Waals surface area contributed by atoms with Crippen molar-refractivity contribution in [3.8, 4) is 0 Å². The van der Waals surface area contributed by atoms with Crippen LogP contribution in [-0.2, 0) is 28.2 Å². The van der Waals surface area contributed by atoms with Crippen molar-refractivity contribution in [1.29, 1.82) is 0 Å². The lowest BCUT2D eigenvalue weighted by Crippen LogP contribution is -2.30. The number of unbranched alkanes of at least 4 members (excludes halogenated alkanes) is 11. The van der Waals surface area contributed by atoms with Gasteiger partial charge in [-0.1, -0.05) is 71.1 Å². The highest BCUT2D eigenvalue weighted by Crippen LogP contribution is 2.11. The first-order valence-electron chi connectivity index (χ1n) is 10.5. The average Bonchev–Trinajstić information content (AvgIpc) is 3.01. The second-order valence-electron chi connectivity index (χ2n) is 7.02. The molecule has 0 saturated carbocycles. The van der Waals surface area contributed by atoms with E-state index >= 15 is 0 Å². The van der Waals surface area contributed by atoms with E-state index in [-0.39, 0.29) is 6.61 Å². The molecule has 0 atom stereocenters. The zero-order valence-corrected chi connectivity index (χ0v) is 18.4. The number of aryl methyl sites for hydroxylation is 2. The zero-order valence-electron chi connectivity index (χ0n) is 17.6. The Morgan fingerprint density at radius 1 is 0.889 bits per heavy atom. The quantitative estimate of drug-likeness (QED) is 0.187. The van der Waals surface area contributed by atoms with Crippen molar-refractivity contribution in [2.45, 2.75) is 97.4 Å². The summed E-state index contributed by atoms with van der Waals surface area (Å²) in [6.45, 7) is 4.80. The van der Waals surface area contributed by atoms with Crippen LogP contribution in [0.25, 0.3) is 0 Å². The van der Waals surface area contributed by atoms with E-state index in [0.717, 1.165) is 0 Å². The fourth-order valence-corrected chi connectivity index (χ4v) is 3.20. The topological polar surface area (TPSA) is 75.2 Å². The average molecular weight is 405 g/mol. The molecule has 0 aliphatic carbocycles. The molecule has 1 heterocycles. The first kappa shape index (κ1) is 26.1. The van der Waals surface area contributed by atoms with Crippen molar-refractivity contribution in [3.63, 3.8) is 0 Å². The summed E-state index contributed by atoms with van der Waals surface area (Å²) in [4.78, 5) is 0. The fraction of sp³-hybridized carbons (Fsp3) is 0.850. The van der Waals surface area contributed by atoms with Crippen molar-refractivity contribution in [2.75, 3.05) is 6.61 Å². The van der Waals surface area contributed by atoms with E-state index in [1.165, 1.54) is 90.5 Å². The number of aromatic nitrogens is 2. The SMILES string of the molecule is CCCCCCCCCCCCCC[n+]1ccn(C)c1.CCOS(=O)(=O)[O-]. The smallest absolute Gasteiger partial charge is 0.243 e. The van der Waals surface area contributed by atoms with E-state index in [0.29, 0.717) is 0 Å². The molecule has 0 aromatic carbocycles. The molecule has 1 aromatic rings. The highest BCUT2D eigenvalue weighted by Gasteiger charge is 1.99. The Bertz CT molecular complexity index is 544. The molecule has 160 valence electrons. The molecule has 0 fully saturated rings. The lowest BCUT2D eigenvalue weighted by Gasteiger charge is -2.02. The molecule has 0 bridgehead atoms. The highest BCUT2D eigenvalue weighted by molar-refractivity contribution is 7.80. The van der Waals surface area contributed by atoms with Crippen LogP contribution in [-0.4, -0.2) is 24.1 Å². The minimum absolute atomic E-state index is 0.0914. The molecule has 27 heavy (non-hydrogen) atoms. The van der Waals surface area contributed by atoms with Gasteiger partial charge in [0, 0.05) is 0 Å². The predicted molar refractivity (Wildman–Crippen MR) is 108 cm³/mol. The van der Waals surface area contributed by atoms with E-state index in [2.05, 4.69) is 46.0 Å². The number of imidazole rings is 1. The van der Waals surface area contributed by atoms with Crippen molar-refractivity contribution in [2.24, 2.45) is 7.05 Å². The van der Waals surface area contributed by atoms with Gasteiger partial charge in [-0.15, -0.1) is 0 Å². The number of hydrogen-bond acceptors (Lipinski definition) is 4. The van der Waals surface area contributed by atoms with Crippen molar-refractivity contribution >= 4 is 10.4 Å². The molecular weight excluding hydrogens is 364 g/mol. The monoisotopic (exact) mass is 404 g/mol. The summed E-state index contributed by atoms with van der Waals surface area (Å²) in [5, 5.41) is 0. The largest absolute Gasteiger partial charge is 0.726 e. The van der Waals surface area contributed by atoms with Gasteiger partial charge in [-0.25, -0.2) is 17.6 Å². The third-order valence-electron chi connectivity index (χ3n) is 4.36. The van der Waals surface area contributed by atoms with E-state index in [4.69, 9.17) is 0 Å². The maximum atomic E-state index is 9.45. The fourth-order valence-electron chi connectivity index (χ4n) is 2.91. The molecule has 7 heteroatoms. The van der Waals surface area contributed by atoms with Crippen LogP contribution in [0.1, 0.15) is 90.9 Å². The first-order valence-corrected chi connectivity index (χ1v) is 11.8. The summed E-state index contributed by atoms with van der Waals surface area (Å²) in [5.41, 5.74) is 0. The molecular formula is C20H40N2O4S. The van der Waals surface area contributed by atoms with Gasteiger partial charge in [-0.2, -0.15) is 0 Å². The Morgan fingerprint density at radius 3 is 1.70 bits per heavy atom. The second kappa shape index (κ2) is 17.2. The van der Waals surface area contributed by atoms with E-state index in [1.807, 2.05) is 0 Å². The Morgan fingerprint density at radius 2 is 1.37 bits per heavy atom. The minimum Gasteiger partial charge on any atom is -0.726 e. The lowest BCUT2D eigenvalue weighted by molar-refractivity contribution is -0.696. The lowest BCUT2D eigenvalue weighted by atomic mass is 10.1. The number of nitrogens with zero attached hydrogens (tertiary/aromatic N) is 2. The van der Waals surface area contributed by atoms with Gasteiger partial charge in [-0.3, -0.25) is 4.18 Å². The van der Waals surface area contributed by atoms with Crippen molar-refractivity contribution < 1.29 is 21.7 Å². The third-order valence-corrected chi connectivity index (χ3v) is 4.88. The van der Waals surface area contributed by atoms with E-state index in [9.17, 15) is 13.0 Å². The number of rotatable bonds is 15. The highest BCUT2D eigenvalue weighted by atomic mass is 32.3. The zero-order chi connectivity index (χ0) is 20.4. The van der Waals surface area contributed by atoms with Gasteiger partial charge in [0.05, 0.1) is 20.2 Å². The van der Waals surface area contributed by atoms with E-state index in [1.54, 1.807) is 0 Å². The molecule has 0 amide bonds. The molecule has 6 nitrogen and oxygen atoms in total. The van der Waals surface area contributed by atoms with Gasteiger partial charge in [0.2, 0.25) is 16.7 Å². The predicted octanol–water partition coefficient (Wildman–Crippen LogP) is 4.50. The Balaban J connectivity index is 0.000000821. The molecule has 0 saturated heterocycles. The van der Waals surface area contributed by atoms with Crippen LogP contribution in [0, 0.1) is 0 Å². The van der Waals surface area contributed by atoms with Gasteiger partial charge in [0.25, 0.3) is 0 Å². The summed E-state index contributed by atoms with van der Waals surface area (Å²) in [7, 11) is -2.34. The Kier molecular flexibility index (Phi) is 16.6. The molecule has 1 rings (SSSR count). The summed E-state index contributed by atoms with van der Waals surface area (Å²) in [6, 6.07) is 0. The third kappa shape index (κ3) is 19.6. The van der Waals surface area contributed by atoms with Gasteiger partial charge >= 0.3 is 0 Å². The summed E-state index contributed by atoms with van der Waals surface area (Å²) in [5.74, 6) is 0. The second-order valence-corrected chi connectivity index (χ2v) is 8.07. The molecule has 0 aliphatic heterocycles. The number of hydrogen-bond donors (Lipinski definition) is 0. The maximum Gasteiger partial charge on any atom is 0.243 e. The van der Waals surface area contributed by atoms with Crippen LogP contribution in [0.5, 0.6) is 0 Å². The molecule has 0 spiro atoms. The Labute approximate surface area is 166 Å². The Hall–Kier alpha value is -0.920. The van der Waals surface area contributed by atoms with Gasteiger partial charge in [0.15, 0.2) is 0 Å².